The highest BCUT2D eigenvalue weighted by Crippen LogP contribution is 2.09. The lowest BCUT2D eigenvalue weighted by Crippen LogP contribution is -2.12. The summed E-state index contributed by atoms with van der Waals surface area (Å²) in [7, 11) is 0. The monoisotopic (exact) mass is 274 g/mol. The SMILES string of the molecule is OCC(Br)CCC(O)CBr. The Bertz CT molecular complexity index is 70.1. The molecule has 0 aliphatic heterocycles. The lowest BCUT2D eigenvalue weighted by atomic mass is 10.2. The van der Waals surface area contributed by atoms with Crippen LogP contribution in [0, 0.1) is 0 Å². The first-order valence-electron chi connectivity index (χ1n) is 3.19. The second kappa shape index (κ2) is 6.58. The third-order valence-electron chi connectivity index (χ3n) is 1.19. The van der Waals surface area contributed by atoms with Gasteiger partial charge in [0.05, 0.1) is 12.7 Å². The molecule has 0 rings (SSSR count). The maximum Gasteiger partial charge on any atom is 0.0637 e. The first-order valence-corrected chi connectivity index (χ1v) is 5.23. The highest BCUT2D eigenvalue weighted by molar-refractivity contribution is 9.09. The predicted molar refractivity (Wildman–Crippen MR) is 48.8 cm³/mol. The summed E-state index contributed by atoms with van der Waals surface area (Å²) in [4.78, 5) is 0.126. The Morgan fingerprint density at radius 2 is 1.90 bits per heavy atom. The topological polar surface area (TPSA) is 40.5 Å². The Morgan fingerprint density at radius 1 is 1.30 bits per heavy atom. The summed E-state index contributed by atoms with van der Waals surface area (Å²) < 4.78 is 0. The third-order valence-corrected chi connectivity index (χ3v) is 2.68. The normalized spacial score (nSPS) is 16.8. The summed E-state index contributed by atoms with van der Waals surface area (Å²) >= 11 is 6.42. The summed E-state index contributed by atoms with van der Waals surface area (Å²) in [6.45, 7) is 0.134. The zero-order chi connectivity index (χ0) is 7.98. The molecule has 4 heteroatoms. The molecule has 2 unspecified atom stereocenters. The Morgan fingerprint density at radius 3 is 2.30 bits per heavy atom. The van der Waals surface area contributed by atoms with Gasteiger partial charge in [0.1, 0.15) is 0 Å². The summed E-state index contributed by atoms with van der Waals surface area (Å²) in [5.41, 5.74) is 0. The minimum absolute atomic E-state index is 0.126. The molecule has 0 saturated heterocycles. The van der Waals surface area contributed by atoms with E-state index in [0.29, 0.717) is 5.33 Å². The quantitative estimate of drug-likeness (QED) is 0.742. The Balaban J connectivity index is 3.17. The largest absolute Gasteiger partial charge is 0.395 e. The molecule has 2 N–H and O–H groups in total. The van der Waals surface area contributed by atoms with Gasteiger partial charge >= 0.3 is 0 Å². The average molecular weight is 276 g/mol. The van der Waals surface area contributed by atoms with E-state index in [2.05, 4.69) is 31.9 Å². The van der Waals surface area contributed by atoms with Crippen LogP contribution in [0.4, 0.5) is 0 Å². The van der Waals surface area contributed by atoms with Crippen LogP contribution in [-0.2, 0) is 0 Å². The first kappa shape index (κ1) is 10.9. The fourth-order valence-corrected chi connectivity index (χ4v) is 1.13. The van der Waals surface area contributed by atoms with Crippen molar-refractivity contribution >= 4 is 31.9 Å². The van der Waals surface area contributed by atoms with Gasteiger partial charge in [-0.2, -0.15) is 0 Å². The van der Waals surface area contributed by atoms with Crippen molar-refractivity contribution in [1.82, 2.24) is 0 Å². The molecule has 0 heterocycles. The van der Waals surface area contributed by atoms with E-state index < -0.39 is 0 Å². The van der Waals surface area contributed by atoms with Gasteiger partial charge in [0.15, 0.2) is 0 Å². The van der Waals surface area contributed by atoms with Gasteiger partial charge in [0, 0.05) is 10.2 Å². The first-order chi connectivity index (χ1) is 4.70. The zero-order valence-corrected chi connectivity index (χ0v) is 8.81. The minimum Gasteiger partial charge on any atom is -0.395 e. The highest BCUT2D eigenvalue weighted by Gasteiger charge is 2.06. The van der Waals surface area contributed by atoms with Gasteiger partial charge in [-0.1, -0.05) is 31.9 Å². The molecule has 0 aliphatic rings. The number of aliphatic hydroxyl groups excluding tert-OH is 2. The number of aliphatic hydroxyl groups is 2. The van der Waals surface area contributed by atoms with Crippen LogP contribution in [0.2, 0.25) is 0 Å². The van der Waals surface area contributed by atoms with E-state index in [9.17, 15) is 0 Å². The third kappa shape index (κ3) is 5.65. The molecule has 0 amide bonds. The second-order valence-electron chi connectivity index (χ2n) is 2.17. The van der Waals surface area contributed by atoms with Gasteiger partial charge in [-0.05, 0) is 12.8 Å². The van der Waals surface area contributed by atoms with Gasteiger partial charge in [0.25, 0.3) is 0 Å². The van der Waals surface area contributed by atoms with Crippen molar-refractivity contribution in [1.29, 1.82) is 0 Å². The molecule has 0 bridgehead atoms. The van der Waals surface area contributed by atoms with Crippen molar-refractivity contribution in [2.75, 3.05) is 11.9 Å². The number of hydrogen-bond acceptors (Lipinski definition) is 2. The molecule has 10 heavy (non-hydrogen) atoms. The van der Waals surface area contributed by atoms with Crippen molar-refractivity contribution in [2.24, 2.45) is 0 Å². The van der Waals surface area contributed by atoms with E-state index in [-0.39, 0.29) is 17.5 Å². The van der Waals surface area contributed by atoms with E-state index in [1.165, 1.54) is 0 Å². The maximum atomic E-state index is 9.05. The minimum atomic E-state index is -0.286. The molecule has 2 atom stereocenters. The maximum absolute atomic E-state index is 9.05. The smallest absolute Gasteiger partial charge is 0.0637 e. The van der Waals surface area contributed by atoms with Crippen LogP contribution in [0.5, 0.6) is 0 Å². The Labute approximate surface area is 77.9 Å². The van der Waals surface area contributed by atoms with Crippen molar-refractivity contribution < 1.29 is 10.2 Å². The molecule has 0 saturated carbocycles. The van der Waals surface area contributed by atoms with E-state index in [1.807, 2.05) is 0 Å². The van der Waals surface area contributed by atoms with Crippen LogP contribution in [0.25, 0.3) is 0 Å². The number of halogens is 2. The number of hydrogen-bond donors (Lipinski definition) is 2. The summed E-state index contributed by atoms with van der Waals surface area (Å²) in [5, 5.41) is 18.2. The van der Waals surface area contributed by atoms with Crippen LogP contribution >= 0.6 is 31.9 Å². The fraction of sp³-hybridized carbons (Fsp3) is 1.00. The molecule has 0 aromatic carbocycles. The standard InChI is InChI=1S/C6H12Br2O2/c7-3-6(10)2-1-5(8)4-9/h5-6,9-10H,1-4H2. The molecule has 0 aliphatic carbocycles. The highest BCUT2D eigenvalue weighted by atomic mass is 79.9. The number of rotatable bonds is 5. The molecule has 0 spiro atoms. The zero-order valence-electron chi connectivity index (χ0n) is 5.63. The van der Waals surface area contributed by atoms with Crippen molar-refractivity contribution in [3.8, 4) is 0 Å². The van der Waals surface area contributed by atoms with Gasteiger partial charge in [-0.3, -0.25) is 0 Å². The summed E-state index contributed by atoms with van der Waals surface area (Å²) in [5.74, 6) is 0. The average Bonchev–Trinajstić information content (AvgIpc) is 1.99. The van der Waals surface area contributed by atoms with Crippen molar-refractivity contribution in [3.05, 3.63) is 0 Å². The van der Waals surface area contributed by atoms with Crippen LogP contribution in [0.1, 0.15) is 12.8 Å². The van der Waals surface area contributed by atoms with Gasteiger partial charge < -0.3 is 10.2 Å². The van der Waals surface area contributed by atoms with E-state index >= 15 is 0 Å². The Kier molecular flexibility index (Phi) is 7.16. The van der Waals surface area contributed by atoms with E-state index in [0.717, 1.165) is 12.8 Å². The molecule has 2 nitrogen and oxygen atoms in total. The predicted octanol–water partition coefficient (Wildman–Crippen LogP) is 1.28. The molecule has 62 valence electrons. The van der Waals surface area contributed by atoms with Gasteiger partial charge in [-0.25, -0.2) is 0 Å². The van der Waals surface area contributed by atoms with Gasteiger partial charge in [-0.15, -0.1) is 0 Å². The van der Waals surface area contributed by atoms with E-state index in [1.54, 1.807) is 0 Å². The van der Waals surface area contributed by atoms with Crippen molar-refractivity contribution in [2.45, 2.75) is 23.8 Å². The fourth-order valence-electron chi connectivity index (χ4n) is 0.542. The molecule has 0 aromatic rings. The van der Waals surface area contributed by atoms with E-state index in [4.69, 9.17) is 10.2 Å². The molecule has 0 fully saturated rings. The van der Waals surface area contributed by atoms with Crippen LogP contribution in [0.3, 0.4) is 0 Å². The molecule has 0 radical (unpaired) electrons. The number of alkyl halides is 2. The summed E-state index contributed by atoms with van der Waals surface area (Å²) in [6, 6.07) is 0. The van der Waals surface area contributed by atoms with Crippen LogP contribution in [-0.4, -0.2) is 33.1 Å². The lowest BCUT2D eigenvalue weighted by molar-refractivity contribution is 0.182. The van der Waals surface area contributed by atoms with Crippen LogP contribution < -0.4 is 0 Å². The lowest BCUT2D eigenvalue weighted by Gasteiger charge is -2.08. The molecular formula is C6H12Br2O2. The molecular weight excluding hydrogens is 264 g/mol. The second-order valence-corrected chi connectivity index (χ2v) is 4.11. The molecule has 0 aromatic heterocycles. The van der Waals surface area contributed by atoms with Crippen LogP contribution in [0.15, 0.2) is 0 Å². The summed E-state index contributed by atoms with van der Waals surface area (Å²) in [6.07, 6.45) is 1.25. The van der Waals surface area contributed by atoms with Crippen molar-refractivity contribution in [3.63, 3.8) is 0 Å². The van der Waals surface area contributed by atoms with Gasteiger partial charge in [0.2, 0.25) is 0 Å². The Hall–Kier alpha value is 0.880.